The molecule has 20 heavy (non-hydrogen) atoms. The third-order valence-corrected chi connectivity index (χ3v) is 2.97. The summed E-state index contributed by atoms with van der Waals surface area (Å²) in [6.45, 7) is 12.3. The zero-order chi connectivity index (χ0) is 15.3. The minimum absolute atomic E-state index is 0.254. The molecular weight excluding hydrogens is 258 g/mol. The maximum atomic E-state index is 12.1. The average molecular weight is 283 g/mol. The highest BCUT2D eigenvalue weighted by Crippen LogP contribution is 2.22. The SMILES string of the molecule is C=C1CCC(C(=O)OCC)CN(C(=O)OC(C)(C)C)C1. The van der Waals surface area contributed by atoms with Crippen molar-refractivity contribution in [3.63, 3.8) is 0 Å². The molecule has 0 saturated carbocycles. The van der Waals surface area contributed by atoms with Gasteiger partial charge in [0.2, 0.25) is 0 Å². The van der Waals surface area contributed by atoms with Crippen LogP contribution in [0.4, 0.5) is 4.79 Å². The molecule has 0 spiro atoms. The Labute approximate surface area is 120 Å². The molecule has 1 aliphatic rings. The zero-order valence-electron chi connectivity index (χ0n) is 12.9. The lowest BCUT2D eigenvalue weighted by molar-refractivity contribution is -0.148. The number of amides is 1. The van der Waals surface area contributed by atoms with E-state index < -0.39 is 11.7 Å². The van der Waals surface area contributed by atoms with E-state index in [0.29, 0.717) is 26.1 Å². The highest BCUT2D eigenvalue weighted by atomic mass is 16.6. The van der Waals surface area contributed by atoms with Gasteiger partial charge in [-0.3, -0.25) is 4.79 Å². The van der Waals surface area contributed by atoms with Crippen LogP contribution in [0.3, 0.4) is 0 Å². The van der Waals surface area contributed by atoms with E-state index in [1.807, 2.05) is 20.8 Å². The van der Waals surface area contributed by atoms with E-state index in [-0.39, 0.29) is 11.9 Å². The molecular formula is C15H25NO4. The van der Waals surface area contributed by atoms with Gasteiger partial charge >= 0.3 is 12.1 Å². The number of rotatable bonds is 2. The van der Waals surface area contributed by atoms with Gasteiger partial charge in [0.15, 0.2) is 0 Å². The second kappa shape index (κ2) is 6.77. The fourth-order valence-electron chi connectivity index (χ4n) is 2.07. The van der Waals surface area contributed by atoms with E-state index in [9.17, 15) is 9.59 Å². The quantitative estimate of drug-likeness (QED) is 0.577. The summed E-state index contributed by atoms with van der Waals surface area (Å²) < 4.78 is 10.4. The van der Waals surface area contributed by atoms with Crippen LogP contribution in [0.1, 0.15) is 40.5 Å². The normalized spacial score (nSPS) is 20.3. The summed E-state index contributed by atoms with van der Waals surface area (Å²) >= 11 is 0. The predicted octanol–water partition coefficient (Wildman–Crippen LogP) is 2.75. The van der Waals surface area contributed by atoms with E-state index >= 15 is 0 Å². The van der Waals surface area contributed by atoms with E-state index in [2.05, 4.69) is 6.58 Å². The number of carbonyl (C=O) groups is 2. The molecule has 1 aliphatic heterocycles. The van der Waals surface area contributed by atoms with Gasteiger partial charge in [-0.1, -0.05) is 12.2 Å². The van der Waals surface area contributed by atoms with Crippen molar-refractivity contribution in [3.05, 3.63) is 12.2 Å². The number of carbonyl (C=O) groups excluding carboxylic acids is 2. The van der Waals surface area contributed by atoms with Crippen molar-refractivity contribution >= 4 is 12.1 Å². The monoisotopic (exact) mass is 283 g/mol. The van der Waals surface area contributed by atoms with Crippen LogP contribution in [0.25, 0.3) is 0 Å². The van der Waals surface area contributed by atoms with Crippen LogP contribution >= 0.6 is 0 Å². The number of nitrogens with zero attached hydrogens (tertiary/aromatic N) is 1. The van der Waals surface area contributed by atoms with Crippen LogP contribution in [-0.4, -0.2) is 42.3 Å². The van der Waals surface area contributed by atoms with Gasteiger partial charge in [-0.15, -0.1) is 0 Å². The van der Waals surface area contributed by atoms with Gasteiger partial charge in [0.1, 0.15) is 5.60 Å². The van der Waals surface area contributed by atoms with E-state index in [0.717, 1.165) is 12.0 Å². The van der Waals surface area contributed by atoms with Gasteiger partial charge in [-0.2, -0.15) is 0 Å². The molecule has 114 valence electrons. The molecule has 1 fully saturated rings. The molecule has 0 aromatic carbocycles. The Morgan fingerprint density at radius 1 is 1.40 bits per heavy atom. The second-order valence-corrected chi connectivity index (χ2v) is 6.10. The van der Waals surface area contributed by atoms with Crippen molar-refractivity contribution in [2.24, 2.45) is 5.92 Å². The molecule has 0 aromatic heterocycles. The molecule has 1 saturated heterocycles. The standard InChI is InChI=1S/C15H25NO4/c1-6-19-13(17)12-8-7-11(2)9-16(10-12)14(18)20-15(3,4)5/h12H,2,6-10H2,1,3-5H3. The Hall–Kier alpha value is -1.52. The van der Waals surface area contributed by atoms with Crippen molar-refractivity contribution in [1.82, 2.24) is 4.90 Å². The molecule has 5 nitrogen and oxygen atoms in total. The van der Waals surface area contributed by atoms with Crippen molar-refractivity contribution in [1.29, 1.82) is 0 Å². The Morgan fingerprint density at radius 2 is 2.05 bits per heavy atom. The van der Waals surface area contributed by atoms with Gasteiger partial charge in [-0.25, -0.2) is 4.79 Å². The summed E-state index contributed by atoms with van der Waals surface area (Å²) in [5, 5.41) is 0. The van der Waals surface area contributed by atoms with E-state index in [4.69, 9.17) is 9.47 Å². The Morgan fingerprint density at radius 3 is 2.60 bits per heavy atom. The highest BCUT2D eigenvalue weighted by molar-refractivity contribution is 5.75. The smallest absolute Gasteiger partial charge is 0.410 e. The molecule has 0 bridgehead atoms. The molecule has 1 heterocycles. The molecule has 1 amide bonds. The second-order valence-electron chi connectivity index (χ2n) is 6.10. The maximum absolute atomic E-state index is 12.1. The van der Waals surface area contributed by atoms with Crippen molar-refractivity contribution in [2.75, 3.05) is 19.7 Å². The highest BCUT2D eigenvalue weighted by Gasteiger charge is 2.31. The van der Waals surface area contributed by atoms with Crippen molar-refractivity contribution < 1.29 is 19.1 Å². The molecule has 1 unspecified atom stereocenters. The molecule has 0 N–H and O–H groups in total. The fourth-order valence-corrected chi connectivity index (χ4v) is 2.07. The maximum Gasteiger partial charge on any atom is 0.410 e. The van der Waals surface area contributed by atoms with Crippen LogP contribution in [0.5, 0.6) is 0 Å². The van der Waals surface area contributed by atoms with Crippen LogP contribution in [0.15, 0.2) is 12.2 Å². The van der Waals surface area contributed by atoms with Gasteiger partial charge in [0, 0.05) is 13.1 Å². The van der Waals surface area contributed by atoms with Gasteiger partial charge < -0.3 is 14.4 Å². The Balaban J connectivity index is 2.75. The summed E-state index contributed by atoms with van der Waals surface area (Å²) in [5.41, 5.74) is 0.382. The van der Waals surface area contributed by atoms with Gasteiger partial charge in [0.25, 0.3) is 0 Å². The molecule has 0 aliphatic carbocycles. The van der Waals surface area contributed by atoms with Gasteiger partial charge in [-0.05, 0) is 40.5 Å². The fraction of sp³-hybridized carbons (Fsp3) is 0.733. The van der Waals surface area contributed by atoms with Crippen molar-refractivity contribution in [2.45, 2.75) is 46.1 Å². The number of hydrogen-bond acceptors (Lipinski definition) is 4. The minimum Gasteiger partial charge on any atom is -0.466 e. The largest absolute Gasteiger partial charge is 0.466 e. The van der Waals surface area contributed by atoms with Gasteiger partial charge in [0.05, 0.1) is 12.5 Å². The van der Waals surface area contributed by atoms with Crippen LogP contribution < -0.4 is 0 Å². The molecule has 1 atom stereocenters. The Kier molecular flexibility index (Phi) is 5.60. The molecule has 5 heteroatoms. The lowest BCUT2D eigenvalue weighted by Gasteiger charge is -2.28. The summed E-state index contributed by atoms with van der Waals surface area (Å²) in [6, 6.07) is 0. The first-order valence-corrected chi connectivity index (χ1v) is 7.04. The third kappa shape index (κ3) is 5.23. The summed E-state index contributed by atoms with van der Waals surface area (Å²) in [7, 11) is 0. The van der Waals surface area contributed by atoms with Crippen LogP contribution in [-0.2, 0) is 14.3 Å². The predicted molar refractivity (Wildman–Crippen MR) is 76.3 cm³/mol. The van der Waals surface area contributed by atoms with Crippen LogP contribution in [0, 0.1) is 5.92 Å². The van der Waals surface area contributed by atoms with Crippen molar-refractivity contribution in [3.8, 4) is 0 Å². The lowest BCUT2D eigenvalue weighted by atomic mass is 10.0. The molecule has 1 rings (SSSR count). The molecule has 0 aromatic rings. The summed E-state index contributed by atoms with van der Waals surface area (Å²) in [4.78, 5) is 25.6. The molecule has 0 radical (unpaired) electrons. The lowest BCUT2D eigenvalue weighted by Crippen LogP contribution is -2.40. The number of likely N-dealkylation sites (tertiary alicyclic amines) is 1. The first kappa shape index (κ1) is 16.5. The van der Waals surface area contributed by atoms with E-state index in [1.165, 1.54) is 0 Å². The summed E-state index contributed by atoms with van der Waals surface area (Å²) in [5.74, 6) is -0.558. The number of hydrogen-bond donors (Lipinski definition) is 0. The van der Waals surface area contributed by atoms with Crippen LogP contribution in [0.2, 0.25) is 0 Å². The Bertz CT molecular complexity index is 384. The average Bonchev–Trinajstić information content (AvgIpc) is 2.49. The summed E-state index contributed by atoms with van der Waals surface area (Å²) in [6.07, 6.45) is 0.981. The number of ether oxygens (including phenoxy) is 2. The topological polar surface area (TPSA) is 55.8 Å². The first-order valence-electron chi connectivity index (χ1n) is 7.04. The third-order valence-electron chi connectivity index (χ3n) is 2.97. The minimum atomic E-state index is -0.551. The first-order chi connectivity index (χ1) is 9.23. The number of esters is 1. The van der Waals surface area contributed by atoms with E-state index in [1.54, 1.807) is 11.8 Å². The zero-order valence-corrected chi connectivity index (χ0v) is 12.9.